The summed E-state index contributed by atoms with van der Waals surface area (Å²) in [6.45, 7) is 0.382. The van der Waals surface area contributed by atoms with Crippen LogP contribution in [0.2, 0.25) is 10.0 Å². The van der Waals surface area contributed by atoms with Gasteiger partial charge in [0.2, 0.25) is 0 Å². The van der Waals surface area contributed by atoms with Crippen LogP contribution in [-0.4, -0.2) is 17.4 Å². The molecule has 0 radical (unpaired) electrons. The van der Waals surface area contributed by atoms with E-state index in [1.54, 1.807) is 12.1 Å². The molecule has 1 atom stereocenters. The lowest BCUT2D eigenvalue weighted by Gasteiger charge is -2.19. The smallest absolute Gasteiger partial charge is 0.254 e. The SMILES string of the molecule is O=C(NCC(c1ccc(Cl)cc1Cl)c1c[nH]c2ccccc12)c1ccoc1. The molecule has 27 heavy (non-hydrogen) atoms. The summed E-state index contributed by atoms with van der Waals surface area (Å²) in [7, 11) is 0. The number of hydrogen-bond acceptors (Lipinski definition) is 2. The predicted molar refractivity (Wildman–Crippen MR) is 108 cm³/mol. The fraction of sp³-hybridized carbons (Fsp3) is 0.0952. The average molecular weight is 399 g/mol. The highest BCUT2D eigenvalue weighted by atomic mass is 35.5. The molecule has 2 heterocycles. The number of fused-ring (bicyclic) bond motifs is 1. The van der Waals surface area contributed by atoms with Gasteiger partial charge in [0.1, 0.15) is 6.26 Å². The summed E-state index contributed by atoms with van der Waals surface area (Å²) in [5.74, 6) is -0.333. The minimum absolute atomic E-state index is 0.137. The molecular weight excluding hydrogens is 383 g/mol. The number of H-pyrrole nitrogens is 1. The van der Waals surface area contributed by atoms with Gasteiger partial charge >= 0.3 is 0 Å². The van der Waals surface area contributed by atoms with Crippen LogP contribution in [0.5, 0.6) is 0 Å². The van der Waals surface area contributed by atoms with Gasteiger partial charge in [-0.25, -0.2) is 0 Å². The van der Waals surface area contributed by atoms with E-state index in [4.69, 9.17) is 27.6 Å². The molecule has 2 aromatic carbocycles. The topological polar surface area (TPSA) is 58.0 Å². The Morgan fingerprint density at radius 2 is 1.96 bits per heavy atom. The molecule has 0 bridgehead atoms. The third kappa shape index (κ3) is 3.59. The van der Waals surface area contributed by atoms with Crippen LogP contribution < -0.4 is 5.32 Å². The first-order valence-corrected chi connectivity index (χ1v) is 9.20. The Balaban J connectivity index is 1.72. The van der Waals surface area contributed by atoms with Crippen molar-refractivity contribution in [3.05, 3.63) is 94.0 Å². The van der Waals surface area contributed by atoms with Crippen LogP contribution in [0.4, 0.5) is 0 Å². The maximum atomic E-state index is 12.4. The first-order valence-electron chi connectivity index (χ1n) is 8.45. The van der Waals surface area contributed by atoms with Crippen LogP contribution in [0.25, 0.3) is 10.9 Å². The Hall–Kier alpha value is -2.69. The van der Waals surface area contributed by atoms with E-state index in [9.17, 15) is 4.79 Å². The number of furan rings is 1. The largest absolute Gasteiger partial charge is 0.472 e. The molecule has 0 fully saturated rings. The minimum Gasteiger partial charge on any atom is -0.472 e. The van der Waals surface area contributed by atoms with Gasteiger partial charge in [-0.3, -0.25) is 4.79 Å². The number of benzene rings is 2. The molecular formula is C21H16Cl2N2O2. The molecule has 1 amide bonds. The van der Waals surface area contributed by atoms with Crippen LogP contribution in [0.1, 0.15) is 27.4 Å². The molecule has 0 aliphatic heterocycles. The molecule has 4 rings (SSSR count). The number of aromatic amines is 1. The molecule has 0 aliphatic rings. The Kier molecular flexibility index (Phi) is 4.92. The number of carbonyl (C=O) groups excluding carboxylic acids is 1. The van der Waals surface area contributed by atoms with E-state index in [2.05, 4.69) is 16.4 Å². The van der Waals surface area contributed by atoms with Crippen LogP contribution in [0.15, 0.2) is 71.7 Å². The standard InChI is InChI=1S/C21H16Cl2N2O2/c22-14-5-6-15(19(23)9-14)17(11-25-21(26)13-7-8-27-12-13)18-10-24-20-4-2-1-3-16(18)20/h1-10,12,17,24H,11H2,(H,25,26). The zero-order valence-electron chi connectivity index (χ0n) is 14.2. The summed E-state index contributed by atoms with van der Waals surface area (Å²) >= 11 is 12.6. The highest BCUT2D eigenvalue weighted by Gasteiger charge is 2.22. The van der Waals surface area contributed by atoms with E-state index in [1.165, 1.54) is 12.5 Å². The molecule has 0 saturated heterocycles. The molecule has 4 aromatic rings. The van der Waals surface area contributed by atoms with E-state index in [0.29, 0.717) is 22.2 Å². The van der Waals surface area contributed by atoms with E-state index in [0.717, 1.165) is 22.0 Å². The lowest BCUT2D eigenvalue weighted by molar-refractivity contribution is 0.0952. The van der Waals surface area contributed by atoms with Crippen molar-refractivity contribution in [2.75, 3.05) is 6.54 Å². The monoisotopic (exact) mass is 398 g/mol. The first-order chi connectivity index (χ1) is 13.1. The molecule has 2 N–H and O–H groups in total. The van der Waals surface area contributed by atoms with Crippen molar-refractivity contribution in [2.24, 2.45) is 0 Å². The summed E-state index contributed by atoms with van der Waals surface area (Å²) < 4.78 is 4.99. The van der Waals surface area contributed by atoms with Crippen molar-refractivity contribution >= 4 is 40.0 Å². The molecule has 0 aliphatic carbocycles. The van der Waals surface area contributed by atoms with E-state index in [-0.39, 0.29) is 11.8 Å². The predicted octanol–water partition coefficient (Wildman–Crippen LogP) is 5.63. The molecule has 4 nitrogen and oxygen atoms in total. The molecule has 2 aromatic heterocycles. The van der Waals surface area contributed by atoms with E-state index in [1.807, 2.05) is 36.5 Å². The zero-order valence-corrected chi connectivity index (χ0v) is 15.7. The van der Waals surface area contributed by atoms with Gasteiger partial charge < -0.3 is 14.7 Å². The molecule has 136 valence electrons. The lowest BCUT2D eigenvalue weighted by atomic mass is 9.90. The summed E-state index contributed by atoms with van der Waals surface area (Å²) in [6, 6.07) is 15.1. The minimum atomic E-state index is -0.196. The fourth-order valence-electron chi connectivity index (χ4n) is 3.24. The molecule has 6 heteroatoms. The maximum Gasteiger partial charge on any atom is 0.254 e. The van der Waals surface area contributed by atoms with Gasteiger partial charge in [0, 0.05) is 39.6 Å². The van der Waals surface area contributed by atoms with Crippen LogP contribution in [0.3, 0.4) is 0 Å². The Morgan fingerprint density at radius 1 is 1.11 bits per heavy atom. The van der Waals surface area contributed by atoms with Gasteiger partial charge in [0.05, 0.1) is 11.8 Å². The van der Waals surface area contributed by atoms with Crippen molar-refractivity contribution in [3.8, 4) is 0 Å². The number of aromatic nitrogens is 1. The average Bonchev–Trinajstić information content (AvgIpc) is 3.33. The van der Waals surface area contributed by atoms with Crippen molar-refractivity contribution in [2.45, 2.75) is 5.92 Å². The summed E-state index contributed by atoms with van der Waals surface area (Å²) in [5.41, 5.74) is 3.47. The van der Waals surface area contributed by atoms with Crippen LogP contribution in [0, 0.1) is 0 Å². The molecule has 0 saturated carbocycles. The summed E-state index contributed by atoms with van der Waals surface area (Å²) in [6.07, 6.45) is 4.86. The highest BCUT2D eigenvalue weighted by Crippen LogP contribution is 2.35. The summed E-state index contributed by atoms with van der Waals surface area (Å²) in [4.78, 5) is 15.7. The van der Waals surface area contributed by atoms with Gasteiger partial charge in [0.15, 0.2) is 0 Å². The Morgan fingerprint density at radius 3 is 2.74 bits per heavy atom. The number of carbonyl (C=O) groups is 1. The van der Waals surface area contributed by atoms with Crippen molar-refractivity contribution in [1.82, 2.24) is 10.3 Å². The third-order valence-electron chi connectivity index (χ3n) is 4.58. The number of amides is 1. The second kappa shape index (κ2) is 7.51. The van der Waals surface area contributed by atoms with E-state index >= 15 is 0 Å². The van der Waals surface area contributed by atoms with Gasteiger partial charge in [0.25, 0.3) is 5.91 Å². The fourth-order valence-corrected chi connectivity index (χ4v) is 3.78. The third-order valence-corrected chi connectivity index (χ3v) is 5.15. The van der Waals surface area contributed by atoms with Crippen molar-refractivity contribution < 1.29 is 9.21 Å². The van der Waals surface area contributed by atoms with Crippen molar-refractivity contribution in [1.29, 1.82) is 0 Å². The van der Waals surface area contributed by atoms with Crippen LogP contribution in [-0.2, 0) is 0 Å². The number of para-hydroxylation sites is 1. The number of hydrogen-bond donors (Lipinski definition) is 2. The maximum absolute atomic E-state index is 12.4. The molecule has 0 spiro atoms. The second-order valence-corrected chi connectivity index (χ2v) is 7.07. The van der Waals surface area contributed by atoms with Gasteiger partial charge in [-0.1, -0.05) is 47.5 Å². The number of halogens is 2. The Bertz CT molecular complexity index is 1090. The van der Waals surface area contributed by atoms with Gasteiger partial charge in [-0.15, -0.1) is 0 Å². The normalized spacial score (nSPS) is 12.2. The van der Waals surface area contributed by atoms with Crippen LogP contribution >= 0.6 is 23.2 Å². The first kappa shape index (κ1) is 17.7. The second-order valence-electron chi connectivity index (χ2n) is 6.23. The quantitative estimate of drug-likeness (QED) is 0.457. The number of rotatable bonds is 5. The Labute approximate surface area is 166 Å². The number of nitrogens with one attached hydrogen (secondary N) is 2. The highest BCUT2D eigenvalue weighted by molar-refractivity contribution is 6.35. The van der Waals surface area contributed by atoms with Crippen molar-refractivity contribution in [3.63, 3.8) is 0 Å². The summed E-state index contributed by atoms with van der Waals surface area (Å²) in [5, 5.41) is 5.20. The van der Waals surface area contributed by atoms with E-state index < -0.39 is 0 Å². The zero-order chi connectivity index (χ0) is 18.8. The molecule has 1 unspecified atom stereocenters. The van der Waals surface area contributed by atoms with Gasteiger partial charge in [-0.05, 0) is 35.4 Å². The lowest BCUT2D eigenvalue weighted by Crippen LogP contribution is -2.28. The van der Waals surface area contributed by atoms with Gasteiger partial charge in [-0.2, -0.15) is 0 Å².